The molecular formula is C20H24N2O2. The topological polar surface area (TPSA) is 41.6 Å². The summed E-state index contributed by atoms with van der Waals surface area (Å²) >= 11 is 0. The highest BCUT2D eigenvalue weighted by Crippen LogP contribution is 2.10. The van der Waals surface area contributed by atoms with Gasteiger partial charge in [0.15, 0.2) is 0 Å². The molecule has 2 aromatic rings. The summed E-state index contributed by atoms with van der Waals surface area (Å²) in [5.74, 6) is -0.0394. The van der Waals surface area contributed by atoms with Crippen molar-refractivity contribution < 1.29 is 9.53 Å². The molecule has 1 aliphatic rings. The van der Waals surface area contributed by atoms with Crippen molar-refractivity contribution in [2.24, 2.45) is 0 Å². The van der Waals surface area contributed by atoms with Crippen molar-refractivity contribution in [1.29, 1.82) is 0 Å². The van der Waals surface area contributed by atoms with Crippen LogP contribution in [-0.2, 0) is 11.3 Å². The van der Waals surface area contributed by atoms with Gasteiger partial charge in [-0.05, 0) is 24.6 Å². The van der Waals surface area contributed by atoms with E-state index >= 15 is 0 Å². The van der Waals surface area contributed by atoms with E-state index in [1.165, 1.54) is 5.56 Å². The van der Waals surface area contributed by atoms with E-state index in [0.29, 0.717) is 18.7 Å². The van der Waals surface area contributed by atoms with Crippen LogP contribution in [0.4, 0.5) is 0 Å². The van der Waals surface area contributed by atoms with Gasteiger partial charge >= 0.3 is 0 Å². The Morgan fingerprint density at radius 1 is 1.21 bits per heavy atom. The summed E-state index contributed by atoms with van der Waals surface area (Å²) < 4.78 is 5.80. The van der Waals surface area contributed by atoms with Crippen molar-refractivity contribution >= 4 is 5.91 Å². The minimum absolute atomic E-state index is 0.0382. The Kier molecular flexibility index (Phi) is 5.62. The predicted octanol–water partition coefficient (Wildman–Crippen LogP) is 2.63. The minimum Gasteiger partial charge on any atom is -0.374 e. The van der Waals surface area contributed by atoms with Crippen molar-refractivity contribution in [3.05, 3.63) is 71.3 Å². The number of amides is 1. The molecule has 1 unspecified atom stereocenters. The molecule has 3 rings (SSSR count). The van der Waals surface area contributed by atoms with Crippen LogP contribution in [0.5, 0.6) is 0 Å². The zero-order chi connectivity index (χ0) is 16.8. The second-order valence-electron chi connectivity index (χ2n) is 6.29. The van der Waals surface area contributed by atoms with Crippen molar-refractivity contribution in [2.45, 2.75) is 19.6 Å². The van der Waals surface area contributed by atoms with Crippen LogP contribution >= 0.6 is 0 Å². The van der Waals surface area contributed by atoms with E-state index < -0.39 is 0 Å². The van der Waals surface area contributed by atoms with Gasteiger partial charge in [-0.3, -0.25) is 9.69 Å². The monoisotopic (exact) mass is 324 g/mol. The van der Waals surface area contributed by atoms with Crippen LogP contribution in [0.25, 0.3) is 0 Å². The molecule has 0 saturated carbocycles. The highest BCUT2D eigenvalue weighted by Gasteiger charge is 2.21. The first kappa shape index (κ1) is 16.7. The van der Waals surface area contributed by atoms with Crippen molar-refractivity contribution in [3.63, 3.8) is 0 Å². The standard InChI is InChI=1S/C20H24N2O2/c1-16-6-5-9-18(12-16)20(23)21-13-19-15-22(10-11-24-19)14-17-7-3-2-4-8-17/h2-9,12,19H,10-11,13-15H2,1H3,(H,21,23). The Balaban J connectivity index is 1.49. The summed E-state index contributed by atoms with van der Waals surface area (Å²) in [6.07, 6.45) is 0.0382. The zero-order valence-electron chi connectivity index (χ0n) is 14.1. The summed E-state index contributed by atoms with van der Waals surface area (Å²) in [5.41, 5.74) is 3.10. The zero-order valence-corrected chi connectivity index (χ0v) is 14.1. The van der Waals surface area contributed by atoms with Crippen LogP contribution in [-0.4, -0.2) is 43.2 Å². The Morgan fingerprint density at radius 3 is 2.83 bits per heavy atom. The number of benzene rings is 2. The molecule has 0 radical (unpaired) electrons. The van der Waals surface area contributed by atoms with Gasteiger partial charge in [0, 0.05) is 31.7 Å². The first-order chi connectivity index (χ1) is 11.7. The van der Waals surface area contributed by atoms with Gasteiger partial charge in [0.25, 0.3) is 5.91 Å². The maximum absolute atomic E-state index is 12.2. The third-order valence-corrected chi connectivity index (χ3v) is 4.24. The van der Waals surface area contributed by atoms with Crippen molar-refractivity contribution in [3.8, 4) is 0 Å². The third kappa shape index (κ3) is 4.66. The van der Waals surface area contributed by atoms with Crippen LogP contribution in [0.2, 0.25) is 0 Å². The van der Waals surface area contributed by atoms with Crippen molar-refractivity contribution in [2.75, 3.05) is 26.2 Å². The number of rotatable bonds is 5. The average molecular weight is 324 g/mol. The first-order valence-corrected chi connectivity index (χ1v) is 8.43. The van der Waals surface area contributed by atoms with E-state index in [1.807, 2.05) is 37.3 Å². The maximum Gasteiger partial charge on any atom is 0.251 e. The molecule has 1 saturated heterocycles. The van der Waals surface area contributed by atoms with Crippen LogP contribution < -0.4 is 5.32 Å². The minimum atomic E-state index is -0.0394. The summed E-state index contributed by atoms with van der Waals surface area (Å²) in [7, 11) is 0. The Morgan fingerprint density at radius 2 is 2.04 bits per heavy atom. The van der Waals surface area contributed by atoms with Gasteiger partial charge in [-0.25, -0.2) is 0 Å². The first-order valence-electron chi connectivity index (χ1n) is 8.43. The summed E-state index contributed by atoms with van der Waals surface area (Å²) in [4.78, 5) is 14.6. The molecule has 1 amide bonds. The van der Waals surface area contributed by atoms with Crippen LogP contribution in [0, 0.1) is 6.92 Å². The number of nitrogens with one attached hydrogen (secondary N) is 1. The Hall–Kier alpha value is -2.17. The maximum atomic E-state index is 12.2. The highest BCUT2D eigenvalue weighted by molar-refractivity contribution is 5.94. The lowest BCUT2D eigenvalue weighted by Gasteiger charge is -2.33. The van der Waals surface area contributed by atoms with E-state index in [1.54, 1.807) is 0 Å². The lowest BCUT2D eigenvalue weighted by atomic mass is 10.1. The number of ether oxygens (including phenoxy) is 1. The highest BCUT2D eigenvalue weighted by atomic mass is 16.5. The van der Waals surface area contributed by atoms with E-state index in [-0.39, 0.29) is 12.0 Å². The van der Waals surface area contributed by atoms with Crippen LogP contribution in [0.15, 0.2) is 54.6 Å². The molecular weight excluding hydrogens is 300 g/mol. The molecule has 1 N–H and O–H groups in total. The second-order valence-corrected chi connectivity index (χ2v) is 6.29. The quantitative estimate of drug-likeness (QED) is 0.919. The Labute approximate surface area is 143 Å². The summed E-state index contributed by atoms with van der Waals surface area (Å²) in [6, 6.07) is 18.1. The predicted molar refractivity (Wildman–Crippen MR) is 95.0 cm³/mol. The summed E-state index contributed by atoms with van der Waals surface area (Å²) in [6.45, 7) is 5.92. The second kappa shape index (κ2) is 8.08. The number of aryl methyl sites for hydroxylation is 1. The molecule has 4 nitrogen and oxygen atoms in total. The molecule has 0 aromatic heterocycles. The van der Waals surface area contributed by atoms with Crippen molar-refractivity contribution in [1.82, 2.24) is 10.2 Å². The third-order valence-electron chi connectivity index (χ3n) is 4.24. The molecule has 126 valence electrons. The molecule has 1 heterocycles. The summed E-state index contributed by atoms with van der Waals surface area (Å²) in [5, 5.41) is 2.99. The SMILES string of the molecule is Cc1cccc(C(=O)NCC2CN(Cc3ccccc3)CCO2)c1. The number of hydrogen-bond acceptors (Lipinski definition) is 3. The van der Waals surface area contributed by atoms with E-state index in [4.69, 9.17) is 4.74 Å². The molecule has 24 heavy (non-hydrogen) atoms. The molecule has 1 atom stereocenters. The molecule has 1 fully saturated rings. The Bertz CT molecular complexity index is 672. The average Bonchev–Trinajstić information content (AvgIpc) is 2.61. The van der Waals surface area contributed by atoms with Crippen LogP contribution in [0.3, 0.4) is 0 Å². The molecule has 0 aliphatic carbocycles. The van der Waals surface area contributed by atoms with Gasteiger partial charge < -0.3 is 10.1 Å². The number of nitrogens with zero attached hydrogens (tertiary/aromatic N) is 1. The normalized spacial score (nSPS) is 18.3. The molecule has 0 spiro atoms. The fourth-order valence-electron chi connectivity index (χ4n) is 2.98. The molecule has 1 aliphatic heterocycles. The van der Waals surface area contributed by atoms with E-state index in [2.05, 4.69) is 34.5 Å². The smallest absolute Gasteiger partial charge is 0.251 e. The molecule has 4 heteroatoms. The van der Waals surface area contributed by atoms with Crippen LogP contribution in [0.1, 0.15) is 21.5 Å². The molecule has 0 bridgehead atoms. The van der Waals surface area contributed by atoms with Gasteiger partial charge in [-0.2, -0.15) is 0 Å². The molecule has 2 aromatic carbocycles. The van der Waals surface area contributed by atoms with Gasteiger partial charge in [0.1, 0.15) is 0 Å². The van der Waals surface area contributed by atoms with Gasteiger partial charge in [0.05, 0.1) is 12.7 Å². The van der Waals surface area contributed by atoms with Gasteiger partial charge in [-0.1, -0.05) is 48.0 Å². The number of carbonyl (C=O) groups excluding carboxylic acids is 1. The number of carbonyl (C=O) groups is 1. The van der Waals surface area contributed by atoms with Gasteiger partial charge in [0.2, 0.25) is 0 Å². The fraction of sp³-hybridized carbons (Fsp3) is 0.350. The lowest BCUT2D eigenvalue weighted by Crippen LogP contribution is -2.47. The van der Waals surface area contributed by atoms with E-state index in [9.17, 15) is 4.79 Å². The number of morpholine rings is 1. The number of hydrogen-bond donors (Lipinski definition) is 1. The largest absolute Gasteiger partial charge is 0.374 e. The lowest BCUT2D eigenvalue weighted by molar-refractivity contribution is -0.0292. The van der Waals surface area contributed by atoms with E-state index in [0.717, 1.165) is 25.2 Å². The fourth-order valence-corrected chi connectivity index (χ4v) is 2.98. The van der Waals surface area contributed by atoms with Gasteiger partial charge in [-0.15, -0.1) is 0 Å².